The molecule has 0 bridgehead atoms. The van der Waals surface area contributed by atoms with E-state index in [1.54, 1.807) is 6.20 Å². The van der Waals surface area contributed by atoms with Gasteiger partial charge in [0.25, 0.3) is 0 Å². The van der Waals surface area contributed by atoms with Crippen LogP contribution in [0, 0.1) is 0 Å². The Morgan fingerprint density at radius 2 is 0.959 bits per heavy atom. The fourth-order valence-corrected chi connectivity index (χ4v) is 7.17. The molecule has 3 heteroatoms. The van der Waals surface area contributed by atoms with Gasteiger partial charge in [0.15, 0.2) is 0 Å². The highest BCUT2D eigenvalue weighted by Crippen LogP contribution is 2.45. The van der Waals surface area contributed by atoms with Crippen LogP contribution in [-0.4, -0.2) is 9.97 Å². The summed E-state index contributed by atoms with van der Waals surface area (Å²) in [7, 11) is 0. The first kappa shape index (κ1) is 28.6. The molecule has 0 atom stereocenters. The average molecular weight is 626 g/mol. The van der Waals surface area contributed by atoms with Crippen LogP contribution in [0.5, 0.6) is 0 Å². The zero-order chi connectivity index (χ0) is 32.6. The van der Waals surface area contributed by atoms with Crippen molar-refractivity contribution in [1.29, 1.82) is 0 Å². The van der Waals surface area contributed by atoms with Crippen LogP contribution in [0.2, 0.25) is 0 Å². The second-order valence-electron chi connectivity index (χ2n) is 12.2. The quantitative estimate of drug-likeness (QED) is 0.172. The van der Waals surface area contributed by atoms with Gasteiger partial charge in [-0.2, -0.15) is 0 Å². The van der Waals surface area contributed by atoms with Gasteiger partial charge in [0.2, 0.25) is 0 Å². The molecule has 0 aliphatic carbocycles. The van der Waals surface area contributed by atoms with E-state index in [0.717, 1.165) is 33.9 Å². The third-order valence-electron chi connectivity index (χ3n) is 9.39. The van der Waals surface area contributed by atoms with Crippen molar-refractivity contribution in [3.8, 4) is 33.4 Å². The van der Waals surface area contributed by atoms with E-state index in [4.69, 9.17) is 4.98 Å². The van der Waals surface area contributed by atoms with Gasteiger partial charge >= 0.3 is 0 Å². The first-order chi connectivity index (χ1) is 24.3. The Balaban J connectivity index is 1.19. The molecule has 0 unspecified atom stereocenters. The molecule has 49 heavy (non-hydrogen) atoms. The summed E-state index contributed by atoms with van der Waals surface area (Å²) in [6.07, 6.45) is 5.72. The van der Waals surface area contributed by atoms with Crippen LogP contribution < -0.4 is 4.90 Å². The lowest BCUT2D eigenvalue weighted by Crippen LogP contribution is -2.11. The third kappa shape index (κ3) is 5.09. The number of aromatic nitrogens is 2. The van der Waals surface area contributed by atoms with E-state index in [0.29, 0.717) is 0 Å². The van der Waals surface area contributed by atoms with Gasteiger partial charge in [-0.05, 0) is 103 Å². The molecule has 9 aromatic rings. The average Bonchev–Trinajstić information content (AvgIpc) is 3.18. The van der Waals surface area contributed by atoms with Crippen LogP contribution in [-0.2, 0) is 0 Å². The van der Waals surface area contributed by atoms with Crippen LogP contribution in [0.15, 0.2) is 188 Å². The summed E-state index contributed by atoms with van der Waals surface area (Å²) in [5.74, 6) is 0.852. The van der Waals surface area contributed by atoms with Gasteiger partial charge in [0.1, 0.15) is 5.82 Å². The molecule has 0 aliphatic rings. The second kappa shape index (κ2) is 12.2. The number of rotatable bonds is 6. The van der Waals surface area contributed by atoms with Crippen molar-refractivity contribution in [3.05, 3.63) is 188 Å². The Hall–Kier alpha value is -6.58. The molecular formula is C46H31N3. The number of hydrogen-bond acceptors (Lipinski definition) is 3. The Kier molecular flexibility index (Phi) is 7.14. The van der Waals surface area contributed by atoms with Gasteiger partial charge in [-0.25, -0.2) is 4.98 Å². The molecule has 0 N–H and O–H groups in total. The molecular weight excluding hydrogens is 595 g/mol. The molecule has 2 aromatic heterocycles. The monoisotopic (exact) mass is 625 g/mol. The van der Waals surface area contributed by atoms with E-state index in [1.165, 1.54) is 49.0 Å². The summed E-state index contributed by atoms with van der Waals surface area (Å²) in [5, 5.41) is 7.39. The van der Waals surface area contributed by atoms with E-state index >= 15 is 0 Å². The maximum absolute atomic E-state index is 5.14. The van der Waals surface area contributed by atoms with Gasteiger partial charge in [0.05, 0.1) is 0 Å². The van der Waals surface area contributed by atoms with Crippen molar-refractivity contribution in [1.82, 2.24) is 9.97 Å². The topological polar surface area (TPSA) is 29.0 Å². The first-order valence-electron chi connectivity index (χ1n) is 16.6. The molecule has 0 radical (unpaired) electrons. The van der Waals surface area contributed by atoms with Crippen molar-refractivity contribution < 1.29 is 0 Å². The lowest BCUT2D eigenvalue weighted by atomic mass is 9.85. The summed E-state index contributed by atoms with van der Waals surface area (Å²) < 4.78 is 0. The van der Waals surface area contributed by atoms with Crippen LogP contribution >= 0.6 is 0 Å². The Morgan fingerprint density at radius 3 is 1.61 bits per heavy atom. The lowest BCUT2D eigenvalue weighted by molar-refractivity contribution is 1.18. The summed E-state index contributed by atoms with van der Waals surface area (Å²) in [5.41, 5.74) is 9.09. The molecule has 2 heterocycles. The highest BCUT2D eigenvalue weighted by Gasteiger charge is 2.19. The van der Waals surface area contributed by atoms with Crippen molar-refractivity contribution in [2.75, 3.05) is 4.90 Å². The summed E-state index contributed by atoms with van der Waals surface area (Å²) >= 11 is 0. The predicted molar refractivity (Wildman–Crippen MR) is 206 cm³/mol. The van der Waals surface area contributed by atoms with E-state index in [2.05, 4.69) is 168 Å². The maximum Gasteiger partial charge on any atom is 0.137 e. The van der Waals surface area contributed by atoms with Crippen LogP contribution in [0.3, 0.4) is 0 Å². The SMILES string of the molecule is c1ccc(N(c2ccc(-c3cccnc3)cc2)c2ccc(-c3c4ccccc4c(-c4cccc5ccccc45)c4ccccc34)cn2)cc1. The van der Waals surface area contributed by atoms with E-state index < -0.39 is 0 Å². The number of hydrogen-bond donors (Lipinski definition) is 0. The zero-order valence-electron chi connectivity index (χ0n) is 26.7. The van der Waals surface area contributed by atoms with Crippen molar-refractivity contribution in [3.63, 3.8) is 0 Å². The summed E-state index contributed by atoms with van der Waals surface area (Å²) in [6.45, 7) is 0. The van der Waals surface area contributed by atoms with Gasteiger partial charge in [-0.3, -0.25) is 9.88 Å². The Labute approximate surface area is 285 Å². The van der Waals surface area contributed by atoms with Crippen LogP contribution in [0.1, 0.15) is 0 Å². The number of para-hydroxylation sites is 1. The van der Waals surface area contributed by atoms with Crippen molar-refractivity contribution in [2.45, 2.75) is 0 Å². The molecule has 0 saturated carbocycles. The van der Waals surface area contributed by atoms with Gasteiger partial charge in [-0.1, -0.05) is 127 Å². The summed E-state index contributed by atoms with van der Waals surface area (Å²) in [6, 6.07) is 60.3. The molecule has 9 rings (SSSR count). The molecule has 3 nitrogen and oxygen atoms in total. The number of pyridine rings is 2. The van der Waals surface area contributed by atoms with Crippen LogP contribution in [0.4, 0.5) is 17.2 Å². The van der Waals surface area contributed by atoms with Crippen molar-refractivity contribution >= 4 is 49.5 Å². The minimum Gasteiger partial charge on any atom is -0.295 e. The highest BCUT2D eigenvalue weighted by molar-refractivity contribution is 6.23. The molecule has 0 aliphatic heterocycles. The first-order valence-corrected chi connectivity index (χ1v) is 16.6. The Morgan fingerprint density at radius 1 is 0.367 bits per heavy atom. The summed E-state index contributed by atoms with van der Waals surface area (Å²) in [4.78, 5) is 11.6. The molecule has 7 aromatic carbocycles. The molecule has 0 fully saturated rings. The van der Waals surface area contributed by atoms with Gasteiger partial charge in [0, 0.05) is 35.5 Å². The third-order valence-corrected chi connectivity index (χ3v) is 9.39. The fourth-order valence-electron chi connectivity index (χ4n) is 7.17. The minimum absolute atomic E-state index is 0.852. The molecule has 0 amide bonds. The highest BCUT2D eigenvalue weighted by atomic mass is 15.2. The van der Waals surface area contributed by atoms with E-state index in [1.807, 2.05) is 24.5 Å². The number of anilines is 3. The van der Waals surface area contributed by atoms with E-state index in [-0.39, 0.29) is 0 Å². The maximum atomic E-state index is 5.14. The zero-order valence-corrected chi connectivity index (χ0v) is 26.7. The number of fused-ring (bicyclic) bond motifs is 3. The predicted octanol–water partition coefficient (Wildman–Crippen LogP) is 12.4. The molecule has 230 valence electrons. The Bertz CT molecular complexity index is 2520. The smallest absolute Gasteiger partial charge is 0.137 e. The molecule has 0 spiro atoms. The van der Waals surface area contributed by atoms with Crippen molar-refractivity contribution in [2.24, 2.45) is 0 Å². The normalized spacial score (nSPS) is 11.3. The van der Waals surface area contributed by atoms with Crippen LogP contribution in [0.25, 0.3) is 65.7 Å². The number of benzene rings is 7. The van der Waals surface area contributed by atoms with Gasteiger partial charge < -0.3 is 0 Å². The lowest BCUT2D eigenvalue weighted by Gasteiger charge is -2.25. The largest absolute Gasteiger partial charge is 0.295 e. The second-order valence-corrected chi connectivity index (χ2v) is 12.2. The number of nitrogens with zero attached hydrogens (tertiary/aromatic N) is 3. The fraction of sp³-hybridized carbons (Fsp3) is 0. The minimum atomic E-state index is 0.852. The van der Waals surface area contributed by atoms with Gasteiger partial charge in [-0.15, -0.1) is 0 Å². The standard InChI is InChI=1S/C46H31N3/c1-2-15-36(16-3-1)49(37-26-23-32(24-27-37)34-14-11-29-47-30-34)44-28-25-35(31-48-44)45-40-18-6-8-20-42(40)46(43-21-9-7-19-41(43)45)39-22-10-13-33-12-4-5-17-38(33)39/h1-31H. The van der Waals surface area contributed by atoms with E-state index in [9.17, 15) is 0 Å². The molecule has 0 saturated heterocycles.